The Kier molecular flexibility index (Phi) is 9.84. The summed E-state index contributed by atoms with van der Waals surface area (Å²) in [4.78, 5) is 28.9. The fourth-order valence-electron chi connectivity index (χ4n) is 6.10. The summed E-state index contributed by atoms with van der Waals surface area (Å²) in [7, 11) is 0. The van der Waals surface area contributed by atoms with Crippen LogP contribution < -0.4 is 15.4 Å². The lowest BCUT2D eigenvalue weighted by molar-refractivity contribution is -0.137. The molecule has 2 aromatic heterocycles. The van der Waals surface area contributed by atoms with E-state index in [-0.39, 0.29) is 11.9 Å². The van der Waals surface area contributed by atoms with Crippen LogP contribution in [0.1, 0.15) is 49.5 Å². The number of fused-ring (bicyclic) bond motifs is 1. The summed E-state index contributed by atoms with van der Waals surface area (Å²) in [6.45, 7) is 5.93. The Morgan fingerprint density at radius 2 is 1.69 bits per heavy atom. The molecule has 0 aliphatic carbocycles. The van der Waals surface area contributed by atoms with Crippen molar-refractivity contribution < 1.29 is 24.5 Å². The third-order valence-corrected chi connectivity index (χ3v) is 8.49. The number of benzene rings is 2. The molecule has 2 aliphatic rings. The van der Waals surface area contributed by atoms with Crippen molar-refractivity contribution in [3.05, 3.63) is 78.1 Å². The lowest BCUT2D eigenvalue weighted by Crippen LogP contribution is -2.42. The highest BCUT2D eigenvalue weighted by Crippen LogP contribution is 2.34. The molecule has 2 aromatic carbocycles. The number of ether oxygens (including phenoxy) is 2. The predicted molar refractivity (Wildman–Crippen MR) is 169 cm³/mol. The summed E-state index contributed by atoms with van der Waals surface area (Å²) < 4.78 is 13.5. The van der Waals surface area contributed by atoms with E-state index in [0.717, 1.165) is 30.8 Å². The van der Waals surface area contributed by atoms with Crippen LogP contribution in [0.2, 0.25) is 0 Å². The second-order valence-electron chi connectivity index (χ2n) is 11.5. The van der Waals surface area contributed by atoms with Crippen LogP contribution in [0, 0.1) is 0 Å². The third kappa shape index (κ3) is 6.94. The van der Waals surface area contributed by atoms with Gasteiger partial charge in [0.1, 0.15) is 18.8 Å². The number of aliphatic hydroxyl groups is 2. The largest absolute Gasteiger partial charge is 0.462 e. The number of carbonyl (C=O) groups excluding carboxylic acids is 1. The van der Waals surface area contributed by atoms with E-state index in [1.807, 2.05) is 36.4 Å². The Morgan fingerprint density at radius 3 is 2.36 bits per heavy atom. The van der Waals surface area contributed by atoms with Crippen LogP contribution in [0.4, 0.5) is 5.82 Å². The number of anilines is 1. The molecule has 12 nitrogen and oxygen atoms in total. The monoisotopic (exact) mass is 615 g/mol. The van der Waals surface area contributed by atoms with Gasteiger partial charge < -0.3 is 30.3 Å². The molecule has 0 bridgehead atoms. The van der Waals surface area contributed by atoms with Crippen molar-refractivity contribution in [2.24, 2.45) is 0 Å². The fourth-order valence-corrected chi connectivity index (χ4v) is 6.10. The van der Waals surface area contributed by atoms with Crippen molar-refractivity contribution in [1.82, 2.24) is 29.7 Å². The van der Waals surface area contributed by atoms with Gasteiger partial charge in [-0.1, -0.05) is 67.1 Å². The Bertz CT molecular complexity index is 1510. The number of hydrogen-bond acceptors (Lipinski definition) is 10. The van der Waals surface area contributed by atoms with Gasteiger partial charge >= 0.3 is 6.01 Å². The lowest BCUT2D eigenvalue weighted by atomic mass is 9.91. The minimum Gasteiger partial charge on any atom is -0.462 e. The van der Waals surface area contributed by atoms with Crippen molar-refractivity contribution >= 4 is 22.9 Å². The number of nitrogens with one attached hydrogen (secondary N) is 2. The average molecular weight is 616 g/mol. The van der Waals surface area contributed by atoms with Crippen LogP contribution in [0.15, 0.2) is 67.0 Å². The summed E-state index contributed by atoms with van der Waals surface area (Å²) in [6.07, 6.45) is -0.0224. The zero-order valence-corrected chi connectivity index (χ0v) is 25.5. The predicted octanol–water partition coefficient (Wildman–Crippen LogP) is 2.69. The molecule has 6 rings (SSSR count). The second kappa shape index (κ2) is 14.3. The first-order chi connectivity index (χ1) is 22.0. The molecule has 0 saturated carbocycles. The van der Waals surface area contributed by atoms with E-state index in [1.165, 1.54) is 30.2 Å². The maximum atomic E-state index is 12.5. The van der Waals surface area contributed by atoms with Gasteiger partial charge in [-0.25, -0.2) is 4.98 Å². The summed E-state index contributed by atoms with van der Waals surface area (Å²) in [6, 6.07) is 20.7. The van der Waals surface area contributed by atoms with E-state index in [4.69, 9.17) is 14.5 Å². The van der Waals surface area contributed by atoms with E-state index >= 15 is 0 Å². The van der Waals surface area contributed by atoms with Gasteiger partial charge in [0.2, 0.25) is 0 Å². The Labute approximate surface area is 262 Å². The molecule has 2 fully saturated rings. The average Bonchev–Trinajstić information content (AvgIpc) is 3.63. The van der Waals surface area contributed by atoms with Crippen LogP contribution in [-0.2, 0) is 9.53 Å². The molecule has 0 unspecified atom stereocenters. The smallest absolute Gasteiger partial charge is 0.320 e. The molecule has 0 radical (unpaired) electrons. The fraction of sp³-hybridized carbons (Fsp3) is 0.455. The Morgan fingerprint density at radius 1 is 1.00 bits per heavy atom. The molecule has 1 amide bonds. The third-order valence-electron chi connectivity index (χ3n) is 8.49. The van der Waals surface area contributed by atoms with Gasteiger partial charge in [-0.15, -0.1) is 0 Å². The van der Waals surface area contributed by atoms with Crippen molar-refractivity contribution in [3.8, 4) is 6.01 Å². The highest BCUT2D eigenvalue weighted by Gasteiger charge is 2.47. The summed E-state index contributed by atoms with van der Waals surface area (Å²) in [5.74, 6) is -0.00427. The quantitative estimate of drug-likeness (QED) is 0.188. The van der Waals surface area contributed by atoms with Crippen LogP contribution in [-0.4, -0.2) is 98.2 Å². The first-order valence-electron chi connectivity index (χ1n) is 15.8. The highest BCUT2D eigenvalue weighted by molar-refractivity contribution is 5.84. The molecule has 238 valence electrons. The maximum absolute atomic E-state index is 12.5. The number of amides is 1. The number of nitrogens with zero attached hydrogens (tertiary/aromatic N) is 5. The molecule has 4 atom stereocenters. The minimum absolute atomic E-state index is 0.0240. The van der Waals surface area contributed by atoms with Gasteiger partial charge in [0, 0.05) is 25.6 Å². The topological polar surface area (TPSA) is 147 Å². The van der Waals surface area contributed by atoms with Crippen molar-refractivity contribution in [2.75, 3.05) is 44.6 Å². The maximum Gasteiger partial charge on any atom is 0.320 e. The number of carbonyl (C=O) groups is 1. The zero-order valence-electron chi connectivity index (χ0n) is 25.5. The number of hydrogen-bond donors (Lipinski definition) is 4. The van der Waals surface area contributed by atoms with Gasteiger partial charge in [0.25, 0.3) is 5.91 Å². The number of likely N-dealkylation sites (tertiary alicyclic amines) is 1. The van der Waals surface area contributed by atoms with Gasteiger partial charge in [0.15, 0.2) is 29.3 Å². The first kappa shape index (κ1) is 30.9. The normalized spacial score (nSPS) is 22.1. The molecule has 45 heavy (non-hydrogen) atoms. The summed E-state index contributed by atoms with van der Waals surface area (Å²) in [5.41, 5.74) is 3.10. The van der Waals surface area contributed by atoms with Crippen molar-refractivity contribution in [1.29, 1.82) is 0 Å². The van der Waals surface area contributed by atoms with E-state index in [9.17, 15) is 15.0 Å². The molecule has 2 saturated heterocycles. The number of imidazole rings is 1. The van der Waals surface area contributed by atoms with Gasteiger partial charge in [-0.2, -0.15) is 9.97 Å². The van der Waals surface area contributed by atoms with Crippen LogP contribution in [0.3, 0.4) is 0 Å². The highest BCUT2D eigenvalue weighted by atomic mass is 16.6. The van der Waals surface area contributed by atoms with E-state index in [0.29, 0.717) is 36.7 Å². The van der Waals surface area contributed by atoms with Crippen molar-refractivity contribution in [3.63, 3.8) is 0 Å². The number of aromatic nitrogens is 4. The molecule has 4 N–H and O–H groups in total. The van der Waals surface area contributed by atoms with E-state index in [2.05, 4.69) is 49.8 Å². The number of likely N-dealkylation sites (N-methyl/N-ethyl adjacent to an activating group) is 1. The summed E-state index contributed by atoms with van der Waals surface area (Å²) in [5, 5.41) is 27.7. The molecule has 4 aromatic rings. The SMILES string of the molecule is CCNC(=O)[C@H]1O[C@@H](n2cnc3c(NCC(c4ccccc4)c4ccccc4)nc(OCCN4CCCCC4)nc32)[C@H](O)[C@@H]1O. The Hall–Kier alpha value is -4.10. The van der Waals surface area contributed by atoms with E-state index in [1.54, 1.807) is 6.92 Å². The standard InChI is InChI=1S/C33H41N7O5/c1-2-34-31(43)28-26(41)27(42)32(45-28)40-21-36-25-29(37-33(38-30(25)40)44-19-18-39-16-10-5-11-17-39)35-20-24(22-12-6-3-7-13-22)23-14-8-4-9-15-23/h3-4,6-9,12-15,21,24,26-28,32,41-42H,2,5,10-11,16-20H2,1H3,(H,34,43)(H,35,37,38)/t26-,27+,28-,32+/m0/s1. The van der Waals surface area contributed by atoms with E-state index < -0.39 is 30.4 Å². The van der Waals surface area contributed by atoms with Gasteiger partial charge in [-0.3, -0.25) is 14.3 Å². The second-order valence-corrected chi connectivity index (χ2v) is 11.5. The van der Waals surface area contributed by atoms with Gasteiger partial charge in [-0.05, 0) is 44.0 Å². The number of aliphatic hydroxyl groups excluding tert-OH is 2. The Balaban J connectivity index is 1.30. The van der Waals surface area contributed by atoms with Gasteiger partial charge in [0.05, 0.1) is 6.33 Å². The van der Waals surface area contributed by atoms with Crippen LogP contribution in [0.25, 0.3) is 11.2 Å². The number of rotatable bonds is 12. The molecular weight excluding hydrogens is 574 g/mol. The molecular formula is C33H41N7O5. The first-order valence-corrected chi connectivity index (χ1v) is 15.8. The lowest BCUT2D eigenvalue weighted by Gasteiger charge is -2.26. The zero-order chi connectivity index (χ0) is 31.2. The van der Waals surface area contributed by atoms with Crippen molar-refractivity contribution in [2.45, 2.75) is 56.6 Å². The summed E-state index contributed by atoms with van der Waals surface area (Å²) >= 11 is 0. The molecule has 4 heterocycles. The van der Waals surface area contributed by atoms with Crippen LogP contribution >= 0.6 is 0 Å². The van der Waals surface area contributed by atoms with Crippen LogP contribution in [0.5, 0.6) is 6.01 Å². The minimum atomic E-state index is -1.42. The molecule has 0 spiro atoms. The molecule has 2 aliphatic heterocycles. The molecule has 12 heteroatoms. The number of piperidine rings is 1.